The minimum Gasteiger partial charge on any atom is -0.460 e. The molecule has 0 bridgehead atoms. The van der Waals surface area contributed by atoms with Crippen molar-refractivity contribution in [2.45, 2.75) is 13.0 Å². The highest BCUT2D eigenvalue weighted by Gasteiger charge is 2.32. The molecule has 1 aromatic rings. The molecule has 23 heavy (non-hydrogen) atoms. The minimum atomic E-state index is -0.726. The fraction of sp³-hybridized carbons (Fsp3) is 0.333. The van der Waals surface area contributed by atoms with Crippen LogP contribution in [0.1, 0.15) is 18.5 Å². The van der Waals surface area contributed by atoms with Gasteiger partial charge in [0, 0.05) is 12.8 Å². The van der Waals surface area contributed by atoms with Gasteiger partial charge in [0.2, 0.25) is 0 Å². The van der Waals surface area contributed by atoms with Crippen molar-refractivity contribution in [1.29, 1.82) is 0 Å². The monoisotopic (exact) mass is 386 g/mol. The van der Waals surface area contributed by atoms with Gasteiger partial charge in [0.05, 0.1) is 22.7 Å². The van der Waals surface area contributed by atoms with Crippen LogP contribution >= 0.6 is 15.9 Å². The molecule has 0 saturated carbocycles. The molecule has 0 radical (unpaired) electrons. The first kappa shape index (κ1) is 17.4. The summed E-state index contributed by atoms with van der Waals surface area (Å²) in [5, 5.41) is 5.19. The highest BCUT2D eigenvalue weighted by molar-refractivity contribution is 9.10. The number of hydrogen-bond donors (Lipinski definition) is 2. The van der Waals surface area contributed by atoms with Crippen LogP contribution in [-0.2, 0) is 14.3 Å². The summed E-state index contributed by atoms with van der Waals surface area (Å²) in [4.78, 5) is 24.0. The van der Waals surface area contributed by atoms with Crippen LogP contribution in [0.2, 0.25) is 0 Å². The van der Waals surface area contributed by atoms with Crippen molar-refractivity contribution in [2.24, 2.45) is 0 Å². The quantitative estimate of drug-likeness (QED) is 0.601. The Bertz CT molecular complexity index is 663. The fourth-order valence-corrected chi connectivity index (χ4v) is 2.60. The second-order valence-electron chi connectivity index (χ2n) is 4.87. The number of nitrogens with one attached hydrogen (secondary N) is 2. The summed E-state index contributed by atoms with van der Waals surface area (Å²) in [6, 6.07) is 3.11. The zero-order chi connectivity index (χ0) is 17.0. The van der Waals surface area contributed by atoms with Gasteiger partial charge in [-0.3, -0.25) is 0 Å². The average Bonchev–Trinajstić information content (AvgIpc) is 2.49. The van der Waals surface area contributed by atoms with Crippen molar-refractivity contribution in [1.82, 2.24) is 10.6 Å². The molecule has 1 heterocycles. The zero-order valence-corrected chi connectivity index (χ0v) is 14.2. The van der Waals surface area contributed by atoms with Crippen molar-refractivity contribution in [2.75, 3.05) is 20.3 Å². The average molecular weight is 387 g/mol. The molecule has 8 heteroatoms. The Morgan fingerprint density at radius 2 is 2.13 bits per heavy atom. The van der Waals surface area contributed by atoms with Gasteiger partial charge in [-0.2, -0.15) is 0 Å². The standard InChI is InChI=1S/C15H16BrFN2O4/c1-8-12(14(20)23-6-5-22-2)13(19-15(21)18-8)9-3-4-11(17)10(16)7-9/h3-4,7,13H,5-6H2,1-2H3,(H2,18,19,21). The first-order valence-electron chi connectivity index (χ1n) is 6.83. The summed E-state index contributed by atoms with van der Waals surface area (Å²) >= 11 is 3.10. The van der Waals surface area contributed by atoms with Crippen LogP contribution in [0.5, 0.6) is 0 Å². The summed E-state index contributed by atoms with van der Waals surface area (Å²) in [6.07, 6.45) is 0. The number of rotatable bonds is 5. The number of carbonyl (C=O) groups is 2. The first-order valence-corrected chi connectivity index (χ1v) is 7.62. The third-order valence-electron chi connectivity index (χ3n) is 3.29. The molecule has 0 aromatic heterocycles. The largest absolute Gasteiger partial charge is 0.460 e. The number of urea groups is 1. The lowest BCUT2D eigenvalue weighted by atomic mass is 9.95. The highest BCUT2D eigenvalue weighted by Crippen LogP contribution is 2.30. The van der Waals surface area contributed by atoms with E-state index in [0.29, 0.717) is 11.3 Å². The molecule has 1 aliphatic heterocycles. The predicted molar refractivity (Wildman–Crippen MR) is 84.0 cm³/mol. The van der Waals surface area contributed by atoms with Gasteiger partial charge in [0.1, 0.15) is 12.4 Å². The Morgan fingerprint density at radius 3 is 2.78 bits per heavy atom. The number of esters is 1. The van der Waals surface area contributed by atoms with E-state index in [0.717, 1.165) is 0 Å². The van der Waals surface area contributed by atoms with E-state index in [1.54, 1.807) is 6.92 Å². The molecule has 124 valence electrons. The normalized spacial score (nSPS) is 17.6. The Labute approximate surface area is 141 Å². The molecule has 2 amide bonds. The molecule has 1 atom stereocenters. The van der Waals surface area contributed by atoms with E-state index in [4.69, 9.17) is 9.47 Å². The van der Waals surface area contributed by atoms with Crippen molar-refractivity contribution in [3.8, 4) is 0 Å². The van der Waals surface area contributed by atoms with Crippen LogP contribution < -0.4 is 10.6 Å². The summed E-state index contributed by atoms with van der Waals surface area (Å²) in [5.74, 6) is -1.00. The van der Waals surface area contributed by atoms with E-state index in [-0.39, 0.29) is 23.3 Å². The molecule has 0 saturated heterocycles. The number of ether oxygens (including phenoxy) is 2. The summed E-state index contributed by atoms with van der Waals surface area (Å²) in [7, 11) is 1.50. The Morgan fingerprint density at radius 1 is 1.39 bits per heavy atom. The van der Waals surface area contributed by atoms with E-state index in [1.165, 1.54) is 25.3 Å². The predicted octanol–water partition coefficient (Wildman–Crippen LogP) is 2.41. The van der Waals surface area contributed by atoms with E-state index in [1.807, 2.05) is 0 Å². The van der Waals surface area contributed by atoms with Gasteiger partial charge in [-0.15, -0.1) is 0 Å². The maximum absolute atomic E-state index is 13.4. The summed E-state index contributed by atoms with van der Waals surface area (Å²) < 4.78 is 23.6. The molecule has 1 aliphatic rings. The number of carbonyl (C=O) groups excluding carboxylic acids is 2. The number of hydrogen-bond acceptors (Lipinski definition) is 4. The lowest BCUT2D eigenvalue weighted by molar-refractivity contribution is -0.140. The van der Waals surface area contributed by atoms with Gasteiger partial charge in [-0.1, -0.05) is 6.07 Å². The third kappa shape index (κ3) is 4.08. The Balaban J connectivity index is 2.33. The maximum Gasteiger partial charge on any atom is 0.338 e. The van der Waals surface area contributed by atoms with Gasteiger partial charge in [-0.25, -0.2) is 14.0 Å². The van der Waals surface area contributed by atoms with Crippen LogP contribution in [0, 0.1) is 5.82 Å². The maximum atomic E-state index is 13.4. The van der Waals surface area contributed by atoms with Gasteiger partial charge in [-0.05, 0) is 40.5 Å². The van der Waals surface area contributed by atoms with Crippen LogP contribution in [0.3, 0.4) is 0 Å². The smallest absolute Gasteiger partial charge is 0.338 e. The minimum absolute atomic E-state index is 0.0971. The van der Waals surface area contributed by atoms with E-state index in [2.05, 4.69) is 26.6 Å². The highest BCUT2D eigenvalue weighted by atomic mass is 79.9. The molecule has 2 rings (SSSR count). The number of methoxy groups -OCH3 is 1. The molecule has 6 nitrogen and oxygen atoms in total. The lowest BCUT2D eigenvalue weighted by Gasteiger charge is -2.28. The molecule has 1 aromatic carbocycles. The molecule has 1 unspecified atom stereocenters. The number of benzene rings is 1. The second kappa shape index (κ2) is 7.56. The third-order valence-corrected chi connectivity index (χ3v) is 3.89. The molecular formula is C15H16BrFN2O4. The van der Waals surface area contributed by atoms with E-state index < -0.39 is 23.9 Å². The molecule has 0 aliphatic carbocycles. The zero-order valence-electron chi connectivity index (χ0n) is 12.6. The van der Waals surface area contributed by atoms with Gasteiger partial charge in [0.25, 0.3) is 0 Å². The molecule has 2 N–H and O–H groups in total. The van der Waals surface area contributed by atoms with Crippen LogP contribution in [0.15, 0.2) is 33.9 Å². The van der Waals surface area contributed by atoms with E-state index in [9.17, 15) is 14.0 Å². The fourth-order valence-electron chi connectivity index (χ4n) is 2.20. The van der Waals surface area contributed by atoms with Crippen molar-refractivity contribution >= 4 is 27.9 Å². The summed E-state index contributed by atoms with van der Waals surface area (Å²) in [6.45, 7) is 1.97. The number of allylic oxidation sites excluding steroid dienone is 1. The number of amides is 2. The van der Waals surface area contributed by atoms with Gasteiger partial charge in [0.15, 0.2) is 0 Å². The van der Waals surface area contributed by atoms with Gasteiger partial charge >= 0.3 is 12.0 Å². The Kier molecular flexibility index (Phi) is 5.73. The molecule has 0 fully saturated rings. The van der Waals surface area contributed by atoms with Crippen LogP contribution in [0.4, 0.5) is 9.18 Å². The second-order valence-corrected chi connectivity index (χ2v) is 5.73. The molecular weight excluding hydrogens is 371 g/mol. The van der Waals surface area contributed by atoms with Crippen molar-refractivity contribution in [3.63, 3.8) is 0 Å². The lowest BCUT2D eigenvalue weighted by Crippen LogP contribution is -2.45. The van der Waals surface area contributed by atoms with Gasteiger partial charge < -0.3 is 20.1 Å². The topological polar surface area (TPSA) is 76.7 Å². The number of halogens is 2. The summed E-state index contributed by atoms with van der Waals surface area (Å²) in [5.41, 5.74) is 1.21. The van der Waals surface area contributed by atoms with Crippen molar-refractivity contribution in [3.05, 3.63) is 45.3 Å². The molecule has 0 spiro atoms. The SMILES string of the molecule is COCCOC(=O)C1=C(C)NC(=O)NC1c1ccc(F)c(Br)c1. The Hall–Kier alpha value is -1.93. The van der Waals surface area contributed by atoms with E-state index >= 15 is 0 Å². The van der Waals surface area contributed by atoms with Crippen molar-refractivity contribution < 1.29 is 23.5 Å². The van der Waals surface area contributed by atoms with Crippen LogP contribution in [0.25, 0.3) is 0 Å². The first-order chi connectivity index (χ1) is 10.9. The van der Waals surface area contributed by atoms with Crippen LogP contribution in [-0.4, -0.2) is 32.3 Å².